The highest BCUT2D eigenvalue weighted by Gasteiger charge is 2.38. The molecule has 4 amide bonds. The van der Waals surface area contributed by atoms with Gasteiger partial charge in [0.15, 0.2) is 0 Å². The molecular formula is C42H51N9O7. The number of hydrogen-bond donors (Lipinski definition) is 4. The number of rotatable bonds is 9. The second-order valence-corrected chi connectivity index (χ2v) is 15.2. The maximum Gasteiger partial charge on any atom is 0.407 e. The van der Waals surface area contributed by atoms with Crippen LogP contribution in [0.15, 0.2) is 53.8 Å². The lowest BCUT2D eigenvalue weighted by atomic mass is 10.0. The molecule has 0 unspecified atom stereocenters. The number of nitrogens with one attached hydrogen (secondary N) is 4. The number of carbonyl (C=O) groups excluding carboxylic acids is 4. The minimum atomic E-state index is -0.814. The molecule has 0 aliphatic carbocycles. The fourth-order valence-corrected chi connectivity index (χ4v) is 7.15. The molecule has 4 atom stereocenters. The molecule has 2 aliphatic rings. The number of likely N-dealkylation sites (tertiary alicyclic amines) is 1. The van der Waals surface area contributed by atoms with Crippen LogP contribution in [0.1, 0.15) is 88.7 Å². The number of ether oxygens (including phenoxy) is 2. The summed E-state index contributed by atoms with van der Waals surface area (Å²) < 4.78 is 9.54. The van der Waals surface area contributed by atoms with Gasteiger partial charge < -0.3 is 44.7 Å². The Morgan fingerprint density at radius 2 is 1.45 bits per heavy atom. The maximum absolute atomic E-state index is 14.0. The summed E-state index contributed by atoms with van der Waals surface area (Å²) in [6.07, 6.45) is 2.54. The predicted octanol–water partition coefficient (Wildman–Crippen LogP) is 5.44. The monoisotopic (exact) mass is 793 g/mol. The van der Waals surface area contributed by atoms with Gasteiger partial charge in [0.05, 0.1) is 48.9 Å². The minimum absolute atomic E-state index is 0.0715. The first kappa shape index (κ1) is 41.3. The molecule has 16 heteroatoms. The van der Waals surface area contributed by atoms with Crippen molar-refractivity contribution < 1.29 is 33.5 Å². The molecule has 2 aromatic carbocycles. The van der Waals surface area contributed by atoms with Crippen molar-refractivity contribution in [2.45, 2.75) is 78.0 Å². The average Bonchev–Trinajstić information content (AvgIpc) is 3.99. The number of benzene rings is 2. The third-order valence-electron chi connectivity index (χ3n) is 10.4. The van der Waals surface area contributed by atoms with Crippen molar-refractivity contribution in [1.82, 2.24) is 40.4 Å². The first-order valence-corrected chi connectivity index (χ1v) is 19.5. The van der Waals surface area contributed by atoms with Gasteiger partial charge in [0.1, 0.15) is 36.4 Å². The molecule has 16 nitrogen and oxygen atoms in total. The maximum atomic E-state index is 14.0. The lowest BCUT2D eigenvalue weighted by Gasteiger charge is -2.35. The lowest BCUT2D eigenvalue weighted by Crippen LogP contribution is -2.53. The highest BCUT2D eigenvalue weighted by molar-refractivity contribution is 5.88. The fraction of sp³-hybridized carbons (Fsp3) is 0.452. The Balaban J connectivity index is 1.16. The van der Waals surface area contributed by atoms with Gasteiger partial charge in [-0.25, -0.2) is 19.6 Å². The smallest absolute Gasteiger partial charge is 0.407 e. The van der Waals surface area contributed by atoms with Crippen LogP contribution in [0.25, 0.3) is 22.3 Å². The molecule has 4 aromatic rings. The largest absolute Gasteiger partial charge is 0.453 e. The third-order valence-corrected chi connectivity index (χ3v) is 10.4. The van der Waals surface area contributed by atoms with Crippen LogP contribution >= 0.6 is 0 Å². The van der Waals surface area contributed by atoms with E-state index in [9.17, 15) is 19.2 Å². The summed E-state index contributed by atoms with van der Waals surface area (Å²) in [4.78, 5) is 77.0. The Morgan fingerprint density at radius 3 is 2.09 bits per heavy atom. The molecule has 306 valence electrons. The van der Waals surface area contributed by atoms with Crippen molar-refractivity contribution in [2.24, 2.45) is 17.0 Å². The number of nitrogens with zero attached hydrogens (tertiary/aromatic N) is 5. The van der Waals surface area contributed by atoms with E-state index in [4.69, 9.17) is 19.3 Å². The molecule has 0 saturated carbocycles. The van der Waals surface area contributed by atoms with Gasteiger partial charge in [-0.15, -0.1) is 0 Å². The zero-order chi connectivity index (χ0) is 41.5. The SMILES string of the molecule is COC(=O)N[C@H](C(=O)N1CCC[C@H]1c1ncc(-c2ccc(C#Cc3ccc4nc([C@@H]5CO/N=C(/C)CCN5C(=O)[C@@H](NC(=O)OC)C(C)C)[nH]c4c3)cc2)[nH]1)C(C)C. The number of methoxy groups -OCH3 is 2. The van der Waals surface area contributed by atoms with Crippen LogP contribution < -0.4 is 10.6 Å². The number of fused-ring (bicyclic) bond motifs is 1. The van der Waals surface area contributed by atoms with E-state index in [1.807, 2.05) is 77.1 Å². The van der Waals surface area contributed by atoms with Crippen LogP contribution in [0.2, 0.25) is 0 Å². The van der Waals surface area contributed by atoms with Crippen molar-refractivity contribution in [3.63, 3.8) is 0 Å². The van der Waals surface area contributed by atoms with E-state index in [-0.39, 0.29) is 36.3 Å². The molecule has 1 saturated heterocycles. The van der Waals surface area contributed by atoms with Crippen LogP contribution in [-0.2, 0) is 23.9 Å². The number of H-pyrrole nitrogens is 2. The van der Waals surface area contributed by atoms with Crippen molar-refractivity contribution in [3.05, 3.63) is 71.4 Å². The molecule has 4 heterocycles. The van der Waals surface area contributed by atoms with E-state index in [0.29, 0.717) is 36.7 Å². The van der Waals surface area contributed by atoms with Gasteiger partial charge in [0, 0.05) is 30.6 Å². The summed E-state index contributed by atoms with van der Waals surface area (Å²) in [5.41, 5.74) is 5.53. The molecular weight excluding hydrogens is 743 g/mol. The van der Waals surface area contributed by atoms with Crippen LogP contribution in [0.3, 0.4) is 0 Å². The Bertz CT molecular complexity index is 2220. The Hall–Kier alpha value is -6.37. The van der Waals surface area contributed by atoms with Gasteiger partial charge in [0.2, 0.25) is 11.8 Å². The zero-order valence-electron chi connectivity index (χ0n) is 33.9. The molecule has 4 N–H and O–H groups in total. The summed E-state index contributed by atoms with van der Waals surface area (Å²) in [7, 11) is 2.55. The highest BCUT2D eigenvalue weighted by atomic mass is 16.6. The summed E-state index contributed by atoms with van der Waals surface area (Å²) in [6, 6.07) is 11.2. The van der Waals surface area contributed by atoms with Gasteiger partial charge in [-0.3, -0.25) is 9.59 Å². The zero-order valence-corrected chi connectivity index (χ0v) is 33.9. The summed E-state index contributed by atoms with van der Waals surface area (Å²) >= 11 is 0. The lowest BCUT2D eigenvalue weighted by molar-refractivity contribution is -0.139. The van der Waals surface area contributed by atoms with E-state index in [1.54, 1.807) is 16.0 Å². The number of aromatic amines is 2. The van der Waals surface area contributed by atoms with Crippen molar-refractivity contribution in [1.29, 1.82) is 0 Å². The third kappa shape index (κ3) is 9.42. The predicted molar refractivity (Wildman–Crippen MR) is 216 cm³/mol. The van der Waals surface area contributed by atoms with Crippen LogP contribution in [0, 0.1) is 23.7 Å². The van der Waals surface area contributed by atoms with Gasteiger partial charge in [-0.05, 0) is 67.5 Å². The van der Waals surface area contributed by atoms with Crippen LogP contribution in [0.4, 0.5) is 9.59 Å². The number of imidazole rings is 2. The van der Waals surface area contributed by atoms with Crippen molar-refractivity contribution in [3.8, 4) is 23.1 Å². The Labute approximate surface area is 337 Å². The van der Waals surface area contributed by atoms with E-state index in [2.05, 4.69) is 42.6 Å². The second kappa shape index (κ2) is 18.3. The summed E-state index contributed by atoms with van der Waals surface area (Å²) in [6.45, 7) is 10.4. The topological polar surface area (TPSA) is 196 Å². The molecule has 0 radical (unpaired) electrons. The number of oxime groups is 1. The standard InChI is InChI=1S/C42H51N9O7/c1-24(2)35(47-41(54)56-6)39(52)50-19-8-9-33(50)37-43-22-32(46-37)29-15-12-27(13-16-29)10-11-28-14-17-30-31(21-28)45-38(44-30)34-23-58-49-26(5)18-20-51(34)40(53)36(25(3)4)48-42(55)57-7/h12-17,21-22,24-25,33-36H,8-9,18-20,23H2,1-7H3,(H,43,46)(H,44,45)(H,47,54)(H,48,55)/b49-26-/t33-,34-,35-,36-/m0/s1. The normalized spacial score (nSPS) is 18.9. The Morgan fingerprint density at radius 1 is 0.828 bits per heavy atom. The van der Waals surface area contributed by atoms with E-state index in [1.165, 1.54) is 14.2 Å². The number of aromatic nitrogens is 4. The quantitative estimate of drug-likeness (QED) is 0.160. The molecule has 1 fully saturated rings. The minimum Gasteiger partial charge on any atom is -0.453 e. The van der Waals surface area contributed by atoms with Crippen LogP contribution in [0.5, 0.6) is 0 Å². The Kier molecular flexibility index (Phi) is 13.0. The molecule has 58 heavy (non-hydrogen) atoms. The van der Waals surface area contributed by atoms with Gasteiger partial charge in [-0.2, -0.15) is 0 Å². The highest BCUT2D eigenvalue weighted by Crippen LogP contribution is 2.33. The van der Waals surface area contributed by atoms with Crippen molar-refractivity contribution >= 4 is 40.7 Å². The first-order chi connectivity index (χ1) is 27.9. The molecule has 2 aromatic heterocycles. The molecule has 0 spiro atoms. The number of hydrogen-bond acceptors (Lipinski definition) is 10. The van der Waals surface area contributed by atoms with E-state index >= 15 is 0 Å². The number of amides is 4. The molecule has 0 bridgehead atoms. The van der Waals surface area contributed by atoms with Gasteiger partial charge in [-0.1, -0.05) is 56.8 Å². The summed E-state index contributed by atoms with van der Waals surface area (Å²) in [5.74, 6) is 6.97. The average molecular weight is 794 g/mol. The van der Waals surface area contributed by atoms with Gasteiger partial charge in [0.25, 0.3) is 0 Å². The van der Waals surface area contributed by atoms with E-state index < -0.39 is 30.3 Å². The van der Waals surface area contributed by atoms with Gasteiger partial charge >= 0.3 is 12.2 Å². The summed E-state index contributed by atoms with van der Waals surface area (Å²) in [5, 5.41) is 9.55. The number of carbonyl (C=O) groups is 4. The van der Waals surface area contributed by atoms with Crippen molar-refractivity contribution in [2.75, 3.05) is 33.9 Å². The second-order valence-electron chi connectivity index (χ2n) is 15.2. The molecule has 6 rings (SSSR count). The fourth-order valence-electron chi connectivity index (χ4n) is 7.15. The number of alkyl carbamates (subject to hydrolysis) is 2. The molecule has 2 aliphatic heterocycles. The van der Waals surface area contributed by atoms with Crippen LogP contribution in [-0.4, -0.2) is 105 Å². The van der Waals surface area contributed by atoms with E-state index in [0.717, 1.165) is 46.5 Å². The first-order valence-electron chi connectivity index (χ1n) is 19.5.